The van der Waals surface area contributed by atoms with Gasteiger partial charge in [0.05, 0.1) is 11.4 Å². The van der Waals surface area contributed by atoms with E-state index >= 15 is 0 Å². The highest BCUT2D eigenvalue weighted by Crippen LogP contribution is 2.22. The predicted octanol–water partition coefficient (Wildman–Crippen LogP) is 1.35. The molecule has 0 spiro atoms. The van der Waals surface area contributed by atoms with E-state index in [0.29, 0.717) is 11.4 Å². The number of nitrogens with zero attached hydrogens (tertiary/aromatic N) is 1. The Morgan fingerprint density at radius 2 is 1.36 bits per heavy atom. The molecule has 0 saturated carbocycles. The molecule has 4 N–H and O–H groups in total. The fourth-order valence-electron chi connectivity index (χ4n) is 1.67. The lowest BCUT2D eigenvalue weighted by Gasteiger charge is -2.25. The summed E-state index contributed by atoms with van der Waals surface area (Å²) in [5, 5.41) is 1.46. The van der Waals surface area contributed by atoms with E-state index in [2.05, 4.69) is 5.43 Å². The first-order chi connectivity index (χ1) is 10.5. The van der Waals surface area contributed by atoms with E-state index in [-0.39, 0.29) is 0 Å². The van der Waals surface area contributed by atoms with E-state index in [0.717, 1.165) is 0 Å². The van der Waals surface area contributed by atoms with Crippen molar-refractivity contribution in [3.8, 4) is 0 Å². The fourth-order valence-corrected chi connectivity index (χ4v) is 1.89. The lowest BCUT2D eigenvalue weighted by Crippen LogP contribution is -2.51. The molecule has 0 saturated heterocycles. The number of rotatable bonds is 5. The van der Waals surface area contributed by atoms with E-state index in [4.69, 9.17) is 4.55 Å². The smallest absolute Gasteiger partial charge is 0.272 e. The minimum Gasteiger partial charge on any atom is -0.272 e. The van der Waals surface area contributed by atoms with Gasteiger partial charge in [-0.3, -0.25) is 15.0 Å². The van der Waals surface area contributed by atoms with Crippen molar-refractivity contribution in [3.63, 3.8) is 0 Å². The number of carbonyl (C=O) groups excluding carboxylic acids is 1. The molecule has 8 nitrogen and oxygen atoms in total. The number of hydrazine groups is 2. The highest BCUT2D eigenvalue weighted by molar-refractivity contribution is 7.83. The van der Waals surface area contributed by atoms with Crippen LogP contribution in [0.25, 0.3) is 0 Å². The minimum absolute atomic E-state index is 0.663. The van der Waals surface area contributed by atoms with Gasteiger partial charge in [-0.25, -0.2) is 10.2 Å². The second-order valence-electron chi connectivity index (χ2n) is 4.15. The van der Waals surface area contributed by atoms with Crippen molar-refractivity contribution in [1.82, 2.24) is 15.7 Å². The Balaban J connectivity index is 2.18. The number of amides is 2. The molecule has 116 valence electrons. The maximum Gasteiger partial charge on any atom is 0.350 e. The van der Waals surface area contributed by atoms with Gasteiger partial charge in [-0.1, -0.05) is 36.4 Å². The maximum atomic E-state index is 11.7. The number of carbonyl (C=O) groups is 1. The second-order valence-corrected chi connectivity index (χ2v) is 5.30. The molecule has 0 atom stereocenters. The highest BCUT2D eigenvalue weighted by Gasteiger charge is 2.13. The molecule has 0 fully saturated rings. The van der Waals surface area contributed by atoms with Crippen LogP contribution >= 0.6 is 0 Å². The Morgan fingerprint density at radius 1 is 0.909 bits per heavy atom. The van der Waals surface area contributed by atoms with Crippen LogP contribution in [-0.4, -0.2) is 19.0 Å². The summed E-state index contributed by atoms with van der Waals surface area (Å²) in [6.07, 6.45) is 0. The van der Waals surface area contributed by atoms with Crippen molar-refractivity contribution in [2.45, 2.75) is 0 Å². The van der Waals surface area contributed by atoms with Crippen molar-refractivity contribution in [1.29, 1.82) is 0 Å². The van der Waals surface area contributed by atoms with Gasteiger partial charge in [0, 0.05) is 0 Å². The quantitative estimate of drug-likeness (QED) is 0.490. The van der Waals surface area contributed by atoms with Crippen molar-refractivity contribution in [2.24, 2.45) is 0 Å². The number of benzene rings is 2. The van der Waals surface area contributed by atoms with Gasteiger partial charge >= 0.3 is 16.3 Å². The summed E-state index contributed by atoms with van der Waals surface area (Å²) in [5.74, 6) is 0. The topological polar surface area (TPSA) is 111 Å². The summed E-state index contributed by atoms with van der Waals surface area (Å²) in [7, 11) is -4.52. The minimum atomic E-state index is -4.52. The Bertz CT molecular complexity index is 683. The van der Waals surface area contributed by atoms with Gasteiger partial charge in [0.25, 0.3) is 0 Å². The van der Waals surface area contributed by atoms with Crippen molar-refractivity contribution < 1.29 is 17.8 Å². The molecule has 2 rings (SSSR count). The van der Waals surface area contributed by atoms with E-state index in [1.54, 1.807) is 48.5 Å². The van der Waals surface area contributed by atoms with E-state index < -0.39 is 16.3 Å². The van der Waals surface area contributed by atoms with Crippen molar-refractivity contribution in [3.05, 3.63) is 60.7 Å². The van der Waals surface area contributed by atoms with Gasteiger partial charge in [-0.05, 0) is 24.3 Å². The lowest BCUT2D eigenvalue weighted by molar-refractivity contribution is 0.239. The second kappa shape index (κ2) is 6.89. The zero-order valence-electron chi connectivity index (χ0n) is 11.3. The zero-order chi connectivity index (χ0) is 16.0. The molecule has 0 aliphatic carbocycles. The van der Waals surface area contributed by atoms with Crippen LogP contribution in [-0.2, 0) is 10.3 Å². The van der Waals surface area contributed by atoms with E-state index in [9.17, 15) is 13.2 Å². The highest BCUT2D eigenvalue weighted by atomic mass is 32.2. The van der Waals surface area contributed by atoms with Crippen LogP contribution in [0.5, 0.6) is 0 Å². The van der Waals surface area contributed by atoms with Crippen LogP contribution in [0.4, 0.5) is 16.2 Å². The summed E-state index contributed by atoms with van der Waals surface area (Å²) in [4.78, 5) is 13.2. The third-order valence-electron chi connectivity index (χ3n) is 2.54. The molecule has 0 aliphatic rings. The van der Waals surface area contributed by atoms with Gasteiger partial charge in [-0.15, -0.1) is 4.83 Å². The Hall–Kier alpha value is -2.62. The average Bonchev–Trinajstić information content (AvgIpc) is 2.52. The van der Waals surface area contributed by atoms with Crippen LogP contribution in [0.2, 0.25) is 0 Å². The summed E-state index contributed by atoms with van der Waals surface area (Å²) in [5.41, 5.74) is 5.61. The summed E-state index contributed by atoms with van der Waals surface area (Å²) in [6.45, 7) is 0. The third-order valence-corrected chi connectivity index (χ3v) is 2.90. The molecular weight excluding hydrogens is 308 g/mol. The van der Waals surface area contributed by atoms with Crippen LogP contribution < -0.4 is 20.7 Å². The molecule has 2 aromatic carbocycles. The Labute approximate surface area is 127 Å². The molecule has 0 aromatic heterocycles. The van der Waals surface area contributed by atoms with Gasteiger partial charge in [0.1, 0.15) is 0 Å². The first-order valence-electron chi connectivity index (χ1n) is 6.17. The number of urea groups is 1. The SMILES string of the molecule is O=C(NNS(=O)(=O)O)NN(c1ccccc1)c1ccccc1. The molecule has 0 unspecified atom stereocenters. The molecule has 2 amide bonds. The normalized spacial score (nSPS) is 10.8. The predicted molar refractivity (Wildman–Crippen MR) is 81.4 cm³/mol. The van der Waals surface area contributed by atoms with Gasteiger partial charge in [-0.2, -0.15) is 8.42 Å². The Kier molecular flexibility index (Phi) is 4.94. The molecule has 22 heavy (non-hydrogen) atoms. The summed E-state index contributed by atoms with van der Waals surface area (Å²) >= 11 is 0. The van der Waals surface area contributed by atoms with Gasteiger partial charge in [0.2, 0.25) is 0 Å². The van der Waals surface area contributed by atoms with E-state index in [1.165, 1.54) is 9.84 Å². The van der Waals surface area contributed by atoms with Gasteiger partial charge < -0.3 is 0 Å². The zero-order valence-corrected chi connectivity index (χ0v) is 12.1. The Morgan fingerprint density at radius 3 is 1.77 bits per heavy atom. The summed E-state index contributed by atoms with van der Waals surface area (Å²) in [6, 6.07) is 17.0. The van der Waals surface area contributed by atoms with Gasteiger partial charge in [0.15, 0.2) is 0 Å². The molecular formula is C13H14N4O4S. The fraction of sp³-hybridized carbons (Fsp3) is 0. The number of nitrogens with one attached hydrogen (secondary N) is 3. The molecule has 0 heterocycles. The molecule has 9 heteroatoms. The molecule has 0 aliphatic heterocycles. The first-order valence-corrected chi connectivity index (χ1v) is 7.61. The largest absolute Gasteiger partial charge is 0.350 e. The van der Waals surface area contributed by atoms with Crippen LogP contribution in [0, 0.1) is 0 Å². The number of anilines is 2. The molecule has 0 radical (unpaired) electrons. The molecule has 0 bridgehead atoms. The monoisotopic (exact) mass is 322 g/mol. The average molecular weight is 322 g/mol. The van der Waals surface area contributed by atoms with Crippen LogP contribution in [0.15, 0.2) is 60.7 Å². The lowest BCUT2D eigenvalue weighted by atomic mass is 10.2. The van der Waals surface area contributed by atoms with Crippen LogP contribution in [0.3, 0.4) is 0 Å². The van der Waals surface area contributed by atoms with Crippen molar-refractivity contribution in [2.75, 3.05) is 5.01 Å². The number of para-hydroxylation sites is 2. The third kappa shape index (κ3) is 4.74. The van der Waals surface area contributed by atoms with E-state index in [1.807, 2.05) is 17.6 Å². The number of hydrogen-bond donors (Lipinski definition) is 4. The molecule has 2 aromatic rings. The van der Waals surface area contributed by atoms with Crippen molar-refractivity contribution >= 4 is 27.7 Å². The standard InChI is InChI=1S/C13H14N4O4S/c18-13(14-16-22(19,20)21)15-17(11-7-3-1-4-8-11)12-9-5-2-6-10-12/h1-10,16H,(H2,14,15,18)(H,19,20,21). The summed E-state index contributed by atoms with van der Waals surface area (Å²) < 4.78 is 29.6. The first kappa shape index (κ1) is 15.8. The number of hydrogen-bond acceptors (Lipinski definition) is 4. The van der Waals surface area contributed by atoms with Crippen LogP contribution in [0.1, 0.15) is 0 Å². The maximum absolute atomic E-state index is 11.7.